The van der Waals surface area contributed by atoms with Crippen LogP contribution in [-0.4, -0.2) is 10.9 Å². The summed E-state index contributed by atoms with van der Waals surface area (Å²) in [5.41, 5.74) is 6.31. The monoisotopic (exact) mass is 323 g/mol. The molecular weight excluding hydrogens is 313 g/mol. The fourth-order valence-corrected chi connectivity index (χ4v) is 2.09. The second-order valence-electron chi connectivity index (χ2n) is 3.89. The first-order valence-corrected chi connectivity index (χ1v) is 6.29. The molecule has 0 saturated carbocycles. The van der Waals surface area contributed by atoms with Gasteiger partial charge in [0.1, 0.15) is 5.82 Å². The second kappa shape index (κ2) is 5.79. The van der Waals surface area contributed by atoms with Gasteiger partial charge in [0.05, 0.1) is 11.3 Å². The zero-order valence-electron chi connectivity index (χ0n) is 9.86. The van der Waals surface area contributed by atoms with Gasteiger partial charge in [0.15, 0.2) is 0 Å². The van der Waals surface area contributed by atoms with Crippen LogP contribution < -0.4 is 11.1 Å². The number of aromatic nitrogens is 1. The van der Waals surface area contributed by atoms with Crippen molar-refractivity contribution in [2.75, 3.05) is 5.32 Å². The highest BCUT2D eigenvalue weighted by molar-refractivity contribution is 9.10. The van der Waals surface area contributed by atoms with Crippen molar-refractivity contribution in [3.63, 3.8) is 0 Å². The molecule has 98 valence electrons. The molecule has 0 bridgehead atoms. The number of primary amides is 1. The molecule has 2 rings (SSSR count). The maximum Gasteiger partial charge on any atom is 0.253 e. The van der Waals surface area contributed by atoms with Crippen LogP contribution in [0.1, 0.15) is 15.9 Å². The van der Waals surface area contributed by atoms with Crippen molar-refractivity contribution in [2.45, 2.75) is 6.54 Å². The Kier molecular flexibility index (Phi) is 4.11. The minimum Gasteiger partial charge on any atom is -0.380 e. The zero-order valence-corrected chi connectivity index (χ0v) is 11.4. The van der Waals surface area contributed by atoms with Gasteiger partial charge in [-0.05, 0) is 23.8 Å². The maximum absolute atomic E-state index is 13.7. The smallest absolute Gasteiger partial charge is 0.253 e. The molecule has 0 radical (unpaired) electrons. The molecular formula is C13H11BrFN3O. The van der Waals surface area contributed by atoms with E-state index in [2.05, 4.69) is 26.2 Å². The lowest BCUT2D eigenvalue weighted by molar-refractivity contribution is 0.0997. The molecule has 0 saturated heterocycles. The van der Waals surface area contributed by atoms with Crippen LogP contribution in [0.3, 0.4) is 0 Å². The molecule has 2 aromatic rings. The lowest BCUT2D eigenvalue weighted by Gasteiger charge is -2.11. The summed E-state index contributed by atoms with van der Waals surface area (Å²) in [5, 5.41) is 2.98. The lowest BCUT2D eigenvalue weighted by atomic mass is 10.1. The number of hydrogen-bond acceptors (Lipinski definition) is 3. The van der Waals surface area contributed by atoms with Gasteiger partial charge in [-0.2, -0.15) is 0 Å². The third-order valence-corrected chi connectivity index (χ3v) is 2.96. The molecule has 0 unspecified atom stereocenters. The van der Waals surface area contributed by atoms with Gasteiger partial charge in [0.25, 0.3) is 5.91 Å². The molecule has 3 N–H and O–H groups in total. The standard InChI is InChI=1S/C13H11BrFN3O/c14-9-4-10(15)12(13(16)19)11(5-9)18-7-8-2-1-3-17-6-8/h1-6,18H,7H2,(H2,16,19). The highest BCUT2D eigenvalue weighted by Crippen LogP contribution is 2.25. The van der Waals surface area contributed by atoms with Crippen molar-refractivity contribution in [1.29, 1.82) is 0 Å². The minimum atomic E-state index is -0.807. The van der Waals surface area contributed by atoms with Gasteiger partial charge >= 0.3 is 0 Å². The van der Waals surface area contributed by atoms with E-state index in [1.165, 1.54) is 6.07 Å². The van der Waals surface area contributed by atoms with Crippen molar-refractivity contribution in [3.8, 4) is 0 Å². The Bertz CT molecular complexity index is 604. The third kappa shape index (κ3) is 3.29. The van der Waals surface area contributed by atoms with Crippen molar-refractivity contribution in [1.82, 2.24) is 4.98 Å². The van der Waals surface area contributed by atoms with E-state index in [1.54, 1.807) is 24.5 Å². The number of halogens is 2. The summed E-state index contributed by atoms with van der Waals surface area (Å²) in [7, 11) is 0. The summed E-state index contributed by atoms with van der Waals surface area (Å²) in [6.45, 7) is 0.421. The van der Waals surface area contributed by atoms with Crippen LogP contribution in [0.25, 0.3) is 0 Å². The Balaban J connectivity index is 2.27. The van der Waals surface area contributed by atoms with Crippen molar-refractivity contribution in [2.24, 2.45) is 5.73 Å². The second-order valence-corrected chi connectivity index (χ2v) is 4.80. The van der Waals surface area contributed by atoms with Crippen LogP contribution in [0.15, 0.2) is 41.1 Å². The van der Waals surface area contributed by atoms with E-state index in [0.29, 0.717) is 16.7 Å². The zero-order chi connectivity index (χ0) is 13.8. The molecule has 19 heavy (non-hydrogen) atoms. The molecule has 0 atom stereocenters. The van der Waals surface area contributed by atoms with Gasteiger partial charge in [-0.25, -0.2) is 4.39 Å². The summed E-state index contributed by atoms with van der Waals surface area (Å²) in [6.07, 6.45) is 3.35. The summed E-state index contributed by atoms with van der Waals surface area (Å²) in [5.74, 6) is -1.46. The van der Waals surface area contributed by atoms with E-state index in [0.717, 1.165) is 5.56 Å². The predicted octanol–water partition coefficient (Wildman–Crippen LogP) is 2.69. The number of nitrogens with one attached hydrogen (secondary N) is 1. The average molecular weight is 324 g/mol. The molecule has 0 aliphatic carbocycles. The van der Waals surface area contributed by atoms with Gasteiger partial charge in [-0.15, -0.1) is 0 Å². The first-order chi connectivity index (χ1) is 9.08. The first kappa shape index (κ1) is 13.5. The number of carbonyl (C=O) groups excluding carboxylic acids is 1. The molecule has 0 spiro atoms. The van der Waals surface area contributed by atoms with Gasteiger partial charge in [0.2, 0.25) is 0 Å². The van der Waals surface area contributed by atoms with E-state index < -0.39 is 11.7 Å². The van der Waals surface area contributed by atoms with E-state index >= 15 is 0 Å². The number of benzene rings is 1. The summed E-state index contributed by atoms with van der Waals surface area (Å²) < 4.78 is 14.2. The molecule has 1 heterocycles. The largest absolute Gasteiger partial charge is 0.380 e. The predicted molar refractivity (Wildman–Crippen MR) is 74.2 cm³/mol. The van der Waals surface area contributed by atoms with Crippen LogP contribution >= 0.6 is 15.9 Å². The first-order valence-electron chi connectivity index (χ1n) is 5.49. The number of pyridine rings is 1. The molecule has 4 nitrogen and oxygen atoms in total. The highest BCUT2D eigenvalue weighted by Gasteiger charge is 2.15. The fraction of sp³-hybridized carbons (Fsp3) is 0.0769. The number of rotatable bonds is 4. The van der Waals surface area contributed by atoms with Gasteiger partial charge in [-0.3, -0.25) is 9.78 Å². The summed E-state index contributed by atoms with van der Waals surface area (Å²) >= 11 is 3.18. The normalized spacial score (nSPS) is 10.2. The average Bonchev–Trinajstić information content (AvgIpc) is 2.36. The third-order valence-electron chi connectivity index (χ3n) is 2.51. The number of nitrogens with zero attached hydrogens (tertiary/aromatic N) is 1. The quantitative estimate of drug-likeness (QED) is 0.909. The van der Waals surface area contributed by atoms with Gasteiger partial charge in [-0.1, -0.05) is 22.0 Å². The fourth-order valence-electron chi connectivity index (χ4n) is 1.66. The number of nitrogens with two attached hydrogens (primary N) is 1. The molecule has 6 heteroatoms. The lowest BCUT2D eigenvalue weighted by Crippen LogP contribution is -2.16. The number of amides is 1. The maximum atomic E-state index is 13.7. The number of anilines is 1. The minimum absolute atomic E-state index is 0.146. The van der Waals surface area contributed by atoms with Crippen molar-refractivity contribution >= 4 is 27.5 Å². The Labute approximate surface area is 118 Å². The Hall–Kier alpha value is -1.95. The van der Waals surface area contributed by atoms with Crippen LogP contribution in [0.2, 0.25) is 0 Å². The molecule has 0 aliphatic rings. The number of carbonyl (C=O) groups is 1. The molecule has 1 aromatic heterocycles. The molecule has 0 aliphatic heterocycles. The van der Waals surface area contributed by atoms with E-state index in [1.807, 2.05) is 6.07 Å². The topological polar surface area (TPSA) is 68.0 Å². The van der Waals surface area contributed by atoms with Crippen LogP contribution in [0, 0.1) is 5.82 Å². The summed E-state index contributed by atoms with van der Waals surface area (Å²) in [6, 6.07) is 6.49. The van der Waals surface area contributed by atoms with Gasteiger partial charge < -0.3 is 11.1 Å². The highest BCUT2D eigenvalue weighted by atomic mass is 79.9. The molecule has 1 aromatic carbocycles. The SMILES string of the molecule is NC(=O)c1c(F)cc(Br)cc1NCc1cccnc1. The Morgan fingerprint density at radius 3 is 2.89 bits per heavy atom. The van der Waals surface area contributed by atoms with E-state index in [9.17, 15) is 9.18 Å². The van der Waals surface area contributed by atoms with Crippen LogP contribution in [-0.2, 0) is 6.54 Å². The molecule has 0 fully saturated rings. The van der Waals surface area contributed by atoms with Crippen molar-refractivity contribution in [3.05, 3.63) is 58.1 Å². The Morgan fingerprint density at radius 2 is 2.26 bits per heavy atom. The van der Waals surface area contributed by atoms with Crippen LogP contribution in [0.4, 0.5) is 10.1 Å². The van der Waals surface area contributed by atoms with Crippen molar-refractivity contribution < 1.29 is 9.18 Å². The van der Waals surface area contributed by atoms with E-state index in [-0.39, 0.29) is 5.56 Å². The molecule has 1 amide bonds. The van der Waals surface area contributed by atoms with Gasteiger partial charge in [0, 0.05) is 23.4 Å². The van der Waals surface area contributed by atoms with E-state index in [4.69, 9.17) is 5.73 Å². The summed E-state index contributed by atoms with van der Waals surface area (Å²) in [4.78, 5) is 15.3. The Morgan fingerprint density at radius 1 is 1.47 bits per heavy atom. The number of hydrogen-bond donors (Lipinski definition) is 2. The van der Waals surface area contributed by atoms with Crippen LogP contribution in [0.5, 0.6) is 0 Å².